The van der Waals surface area contributed by atoms with Gasteiger partial charge in [-0.1, -0.05) is 6.07 Å². The second kappa shape index (κ2) is 7.92. The fraction of sp³-hybridized carbons (Fsp3) is 0.500. The SMILES string of the molecule is NCCCN1CCN(c2cccc3c2C(=O)N(C2CCC(=O)NC2=O)C3=O)CC1. The molecule has 4 rings (SSSR count). The molecule has 0 bridgehead atoms. The van der Waals surface area contributed by atoms with Gasteiger partial charge in [0.1, 0.15) is 6.04 Å². The van der Waals surface area contributed by atoms with Crippen LogP contribution in [0.1, 0.15) is 40.0 Å². The van der Waals surface area contributed by atoms with Gasteiger partial charge < -0.3 is 10.6 Å². The highest BCUT2D eigenvalue weighted by molar-refractivity contribution is 6.25. The third-order valence-electron chi connectivity index (χ3n) is 5.84. The van der Waals surface area contributed by atoms with Crippen molar-refractivity contribution in [3.63, 3.8) is 0 Å². The van der Waals surface area contributed by atoms with E-state index in [1.54, 1.807) is 12.1 Å². The van der Waals surface area contributed by atoms with E-state index in [9.17, 15) is 19.2 Å². The Morgan fingerprint density at radius 1 is 1.03 bits per heavy atom. The van der Waals surface area contributed by atoms with Crippen LogP contribution in [0, 0.1) is 0 Å². The predicted octanol–water partition coefficient (Wildman–Crippen LogP) is -0.441. The number of rotatable bonds is 5. The first kappa shape index (κ1) is 19.5. The van der Waals surface area contributed by atoms with E-state index in [1.165, 1.54) is 0 Å². The monoisotopic (exact) mass is 399 g/mol. The number of benzene rings is 1. The van der Waals surface area contributed by atoms with Crippen LogP contribution in [0.15, 0.2) is 18.2 Å². The van der Waals surface area contributed by atoms with Crippen molar-refractivity contribution in [3.05, 3.63) is 29.3 Å². The van der Waals surface area contributed by atoms with E-state index in [2.05, 4.69) is 15.1 Å². The van der Waals surface area contributed by atoms with Gasteiger partial charge in [-0.05, 0) is 38.1 Å². The van der Waals surface area contributed by atoms with Crippen LogP contribution < -0.4 is 16.0 Å². The van der Waals surface area contributed by atoms with Crippen molar-refractivity contribution in [2.45, 2.75) is 25.3 Å². The van der Waals surface area contributed by atoms with Crippen molar-refractivity contribution in [2.24, 2.45) is 5.73 Å². The van der Waals surface area contributed by atoms with Gasteiger partial charge in [-0.15, -0.1) is 0 Å². The number of amides is 4. The minimum Gasteiger partial charge on any atom is -0.368 e. The zero-order chi connectivity index (χ0) is 20.5. The zero-order valence-corrected chi connectivity index (χ0v) is 16.2. The van der Waals surface area contributed by atoms with Gasteiger partial charge in [0.2, 0.25) is 11.8 Å². The Labute approximate surface area is 168 Å². The maximum absolute atomic E-state index is 13.2. The minimum absolute atomic E-state index is 0.113. The lowest BCUT2D eigenvalue weighted by Gasteiger charge is -2.36. The Morgan fingerprint density at radius 2 is 1.79 bits per heavy atom. The molecule has 0 aliphatic carbocycles. The summed E-state index contributed by atoms with van der Waals surface area (Å²) in [6, 6.07) is 4.31. The fourth-order valence-corrected chi connectivity index (χ4v) is 4.29. The Bertz CT molecular complexity index is 862. The number of nitrogens with one attached hydrogen (secondary N) is 1. The number of piperidine rings is 1. The number of imide groups is 2. The van der Waals surface area contributed by atoms with Crippen molar-refractivity contribution >= 4 is 29.3 Å². The van der Waals surface area contributed by atoms with E-state index in [1.807, 2.05) is 6.07 Å². The summed E-state index contributed by atoms with van der Waals surface area (Å²) in [4.78, 5) is 55.3. The Morgan fingerprint density at radius 3 is 2.48 bits per heavy atom. The topological polar surface area (TPSA) is 116 Å². The van der Waals surface area contributed by atoms with Crippen molar-refractivity contribution in [3.8, 4) is 0 Å². The van der Waals surface area contributed by atoms with Gasteiger partial charge in [-0.25, -0.2) is 0 Å². The van der Waals surface area contributed by atoms with E-state index < -0.39 is 23.8 Å². The summed E-state index contributed by atoms with van der Waals surface area (Å²) < 4.78 is 0. The number of hydrogen-bond donors (Lipinski definition) is 2. The van der Waals surface area contributed by atoms with Crippen LogP contribution in [-0.2, 0) is 9.59 Å². The summed E-state index contributed by atoms with van der Waals surface area (Å²) in [5, 5.41) is 2.22. The van der Waals surface area contributed by atoms with Crippen LogP contribution >= 0.6 is 0 Å². The smallest absolute Gasteiger partial charge is 0.264 e. The van der Waals surface area contributed by atoms with Crippen molar-refractivity contribution in [1.82, 2.24) is 15.1 Å². The van der Waals surface area contributed by atoms with E-state index in [4.69, 9.17) is 5.73 Å². The number of carbonyl (C=O) groups excluding carboxylic acids is 4. The molecule has 0 aromatic heterocycles. The summed E-state index contributed by atoms with van der Waals surface area (Å²) in [5.41, 5.74) is 7.00. The minimum atomic E-state index is -0.943. The van der Waals surface area contributed by atoms with Gasteiger partial charge in [0.25, 0.3) is 11.8 Å². The molecule has 3 aliphatic heterocycles. The quantitative estimate of drug-likeness (QED) is 0.645. The van der Waals surface area contributed by atoms with Gasteiger partial charge in [0.15, 0.2) is 0 Å². The number of hydrogen-bond acceptors (Lipinski definition) is 7. The summed E-state index contributed by atoms with van der Waals surface area (Å²) in [7, 11) is 0. The lowest BCUT2D eigenvalue weighted by molar-refractivity contribution is -0.136. The lowest BCUT2D eigenvalue weighted by Crippen LogP contribution is -2.54. The van der Waals surface area contributed by atoms with Crippen LogP contribution in [0.25, 0.3) is 0 Å². The Balaban J connectivity index is 1.56. The van der Waals surface area contributed by atoms with E-state index in [-0.39, 0.29) is 18.7 Å². The molecule has 1 unspecified atom stereocenters. The summed E-state index contributed by atoms with van der Waals surface area (Å²) in [5.74, 6) is -1.90. The molecule has 9 nitrogen and oxygen atoms in total. The molecule has 29 heavy (non-hydrogen) atoms. The zero-order valence-electron chi connectivity index (χ0n) is 16.2. The molecule has 1 aromatic rings. The molecule has 0 spiro atoms. The molecular formula is C20H25N5O4. The molecule has 3 aliphatic rings. The molecule has 3 N–H and O–H groups in total. The molecule has 0 radical (unpaired) electrons. The number of fused-ring (bicyclic) bond motifs is 1. The fourth-order valence-electron chi connectivity index (χ4n) is 4.29. The maximum atomic E-state index is 13.2. The molecular weight excluding hydrogens is 374 g/mol. The summed E-state index contributed by atoms with van der Waals surface area (Å²) in [6.07, 6.45) is 1.22. The predicted molar refractivity (Wildman–Crippen MR) is 105 cm³/mol. The molecule has 3 heterocycles. The first-order valence-electron chi connectivity index (χ1n) is 10.0. The molecule has 9 heteroatoms. The third-order valence-corrected chi connectivity index (χ3v) is 5.84. The largest absolute Gasteiger partial charge is 0.368 e. The van der Waals surface area contributed by atoms with Crippen molar-refractivity contribution in [2.75, 3.05) is 44.2 Å². The van der Waals surface area contributed by atoms with Gasteiger partial charge >= 0.3 is 0 Å². The van der Waals surface area contributed by atoms with Crippen LogP contribution in [0.5, 0.6) is 0 Å². The normalized spacial score (nSPS) is 22.9. The third kappa shape index (κ3) is 3.51. The highest BCUT2D eigenvalue weighted by atomic mass is 16.2. The lowest BCUT2D eigenvalue weighted by atomic mass is 10.0. The van der Waals surface area contributed by atoms with Crippen LogP contribution in [-0.4, -0.2) is 78.7 Å². The number of piperazine rings is 1. The molecule has 154 valence electrons. The highest BCUT2D eigenvalue weighted by Crippen LogP contribution is 2.34. The van der Waals surface area contributed by atoms with Crippen molar-refractivity contribution in [1.29, 1.82) is 0 Å². The Kier molecular flexibility index (Phi) is 5.33. The van der Waals surface area contributed by atoms with E-state index in [0.29, 0.717) is 17.7 Å². The van der Waals surface area contributed by atoms with E-state index >= 15 is 0 Å². The van der Waals surface area contributed by atoms with Crippen molar-refractivity contribution < 1.29 is 19.2 Å². The maximum Gasteiger partial charge on any atom is 0.264 e. The molecule has 0 saturated carbocycles. The highest BCUT2D eigenvalue weighted by Gasteiger charge is 2.46. The molecule has 1 aromatic carbocycles. The Hall–Kier alpha value is -2.78. The molecule has 2 fully saturated rings. The first-order valence-corrected chi connectivity index (χ1v) is 10.0. The molecule has 2 saturated heterocycles. The van der Waals surface area contributed by atoms with E-state index in [0.717, 1.165) is 49.7 Å². The number of nitrogens with two attached hydrogens (primary N) is 1. The number of anilines is 1. The van der Waals surface area contributed by atoms with Gasteiger partial charge in [-0.2, -0.15) is 0 Å². The summed E-state index contributed by atoms with van der Waals surface area (Å²) in [6.45, 7) is 4.85. The first-order chi connectivity index (χ1) is 14.0. The number of carbonyl (C=O) groups is 4. The van der Waals surface area contributed by atoms with Crippen LogP contribution in [0.3, 0.4) is 0 Å². The standard InChI is InChI=1S/C20H25N5O4/c21-7-2-8-23-9-11-24(12-10-23)14-4-1-3-13-17(14)20(29)25(19(13)28)15-5-6-16(26)22-18(15)27/h1,3-4,15H,2,5-12,21H2,(H,22,26,27). The average molecular weight is 399 g/mol. The summed E-state index contributed by atoms with van der Waals surface area (Å²) >= 11 is 0. The molecule has 1 atom stereocenters. The van der Waals surface area contributed by atoms with Gasteiger partial charge in [0, 0.05) is 32.6 Å². The van der Waals surface area contributed by atoms with Crippen LogP contribution in [0.2, 0.25) is 0 Å². The number of nitrogens with zero attached hydrogens (tertiary/aromatic N) is 3. The van der Waals surface area contributed by atoms with Crippen LogP contribution in [0.4, 0.5) is 5.69 Å². The van der Waals surface area contributed by atoms with Gasteiger partial charge in [0.05, 0.1) is 16.8 Å². The molecule has 4 amide bonds. The second-order valence-corrected chi connectivity index (χ2v) is 7.62. The average Bonchev–Trinajstić information content (AvgIpc) is 2.98. The second-order valence-electron chi connectivity index (χ2n) is 7.62. The van der Waals surface area contributed by atoms with Gasteiger partial charge in [-0.3, -0.25) is 34.3 Å².